The van der Waals surface area contributed by atoms with E-state index < -0.39 is 0 Å². The Bertz CT molecular complexity index is 545. The molecule has 1 aliphatic heterocycles. The SMILES string of the molecule is CC(C)(C)CC(C)(C)NC(=O)CSc1nnc2n1CCCCC2. The van der Waals surface area contributed by atoms with Crippen LogP contribution in [-0.2, 0) is 17.8 Å². The topological polar surface area (TPSA) is 59.8 Å². The molecular weight excluding hydrogens is 308 g/mol. The molecule has 1 amide bonds. The summed E-state index contributed by atoms with van der Waals surface area (Å²) in [4.78, 5) is 12.3. The molecule has 0 saturated heterocycles. The number of hydrogen-bond acceptors (Lipinski definition) is 4. The van der Waals surface area contributed by atoms with Crippen molar-refractivity contribution in [1.29, 1.82) is 0 Å². The Balaban J connectivity index is 1.89. The van der Waals surface area contributed by atoms with Gasteiger partial charge in [0.15, 0.2) is 5.16 Å². The molecule has 0 unspecified atom stereocenters. The molecule has 23 heavy (non-hydrogen) atoms. The molecule has 0 aliphatic carbocycles. The van der Waals surface area contributed by atoms with E-state index in [0.717, 1.165) is 30.4 Å². The lowest BCUT2D eigenvalue weighted by molar-refractivity contribution is -0.120. The van der Waals surface area contributed by atoms with Gasteiger partial charge >= 0.3 is 0 Å². The van der Waals surface area contributed by atoms with Gasteiger partial charge in [0.25, 0.3) is 0 Å². The second-order valence-electron chi connectivity index (χ2n) is 8.32. The monoisotopic (exact) mass is 338 g/mol. The van der Waals surface area contributed by atoms with Gasteiger partial charge in [0.05, 0.1) is 5.75 Å². The van der Waals surface area contributed by atoms with E-state index in [9.17, 15) is 4.79 Å². The number of carbonyl (C=O) groups excluding carboxylic acids is 1. The maximum absolute atomic E-state index is 12.3. The van der Waals surface area contributed by atoms with E-state index in [0.29, 0.717) is 5.75 Å². The fraction of sp³-hybridized carbons (Fsp3) is 0.824. The predicted octanol–water partition coefficient (Wildman–Crippen LogP) is 3.43. The van der Waals surface area contributed by atoms with Gasteiger partial charge in [0.1, 0.15) is 5.82 Å². The fourth-order valence-corrected chi connectivity index (χ4v) is 4.26. The van der Waals surface area contributed by atoms with Gasteiger partial charge in [0, 0.05) is 18.5 Å². The largest absolute Gasteiger partial charge is 0.350 e. The Morgan fingerprint density at radius 3 is 2.61 bits per heavy atom. The van der Waals surface area contributed by atoms with Crippen LogP contribution in [-0.4, -0.2) is 32.0 Å². The van der Waals surface area contributed by atoms with Crippen molar-refractivity contribution in [2.45, 2.75) is 84.0 Å². The van der Waals surface area contributed by atoms with Crippen LogP contribution >= 0.6 is 11.8 Å². The zero-order chi connectivity index (χ0) is 17.1. The van der Waals surface area contributed by atoms with E-state index in [1.165, 1.54) is 31.0 Å². The maximum atomic E-state index is 12.3. The highest BCUT2D eigenvalue weighted by molar-refractivity contribution is 7.99. The molecule has 1 aromatic rings. The third kappa shape index (κ3) is 5.83. The Morgan fingerprint density at radius 1 is 1.17 bits per heavy atom. The van der Waals surface area contributed by atoms with Gasteiger partial charge in [-0.15, -0.1) is 10.2 Å². The van der Waals surface area contributed by atoms with Crippen LogP contribution in [0.1, 0.15) is 66.1 Å². The summed E-state index contributed by atoms with van der Waals surface area (Å²) in [5.74, 6) is 1.53. The summed E-state index contributed by atoms with van der Waals surface area (Å²) in [7, 11) is 0. The minimum absolute atomic E-state index is 0.0650. The molecule has 2 rings (SSSR count). The summed E-state index contributed by atoms with van der Waals surface area (Å²) in [6, 6.07) is 0. The average Bonchev–Trinajstić information content (AvgIpc) is 2.61. The van der Waals surface area contributed by atoms with Crippen LogP contribution in [0.3, 0.4) is 0 Å². The van der Waals surface area contributed by atoms with Crippen LogP contribution in [0.15, 0.2) is 5.16 Å². The van der Waals surface area contributed by atoms with Crippen molar-refractivity contribution in [1.82, 2.24) is 20.1 Å². The third-order valence-corrected chi connectivity index (χ3v) is 4.82. The second kappa shape index (κ2) is 7.24. The molecule has 0 radical (unpaired) electrons. The van der Waals surface area contributed by atoms with Gasteiger partial charge < -0.3 is 9.88 Å². The number of thioether (sulfide) groups is 1. The van der Waals surface area contributed by atoms with Crippen molar-refractivity contribution in [3.8, 4) is 0 Å². The molecule has 1 aromatic heterocycles. The van der Waals surface area contributed by atoms with Crippen LogP contribution < -0.4 is 5.32 Å². The van der Waals surface area contributed by atoms with Gasteiger partial charge in [-0.25, -0.2) is 0 Å². The van der Waals surface area contributed by atoms with Gasteiger partial charge in [-0.05, 0) is 38.5 Å². The second-order valence-corrected chi connectivity index (χ2v) is 9.26. The van der Waals surface area contributed by atoms with Crippen molar-refractivity contribution >= 4 is 17.7 Å². The molecule has 0 saturated carbocycles. The Kier molecular flexibility index (Phi) is 5.76. The average molecular weight is 339 g/mol. The number of carbonyl (C=O) groups is 1. The quantitative estimate of drug-likeness (QED) is 0.836. The Hall–Kier alpha value is -1.04. The van der Waals surface area contributed by atoms with Crippen LogP contribution in [0.25, 0.3) is 0 Å². The van der Waals surface area contributed by atoms with Crippen molar-refractivity contribution in [3.05, 3.63) is 5.82 Å². The summed E-state index contributed by atoms with van der Waals surface area (Å²) >= 11 is 1.50. The number of fused-ring (bicyclic) bond motifs is 1. The van der Waals surface area contributed by atoms with Gasteiger partial charge in [0.2, 0.25) is 5.91 Å². The zero-order valence-corrected chi connectivity index (χ0v) is 15.9. The number of hydrogen-bond donors (Lipinski definition) is 1. The third-order valence-electron chi connectivity index (χ3n) is 3.86. The van der Waals surface area contributed by atoms with E-state index in [4.69, 9.17) is 0 Å². The van der Waals surface area contributed by atoms with Gasteiger partial charge in [-0.3, -0.25) is 4.79 Å². The molecule has 130 valence electrons. The molecule has 0 bridgehead atoms. The highest BCUT2D eigenvalue weighted by Gasteiger charge is 2.27. The van der Waals surface area contributed by atoms with Gasteiger partial charge in [-0.1, -0.05) is 39.0 Å². The first-order valence-corrected chi connectivity index (χ1v) is 9.51. The number of amides is 1. The number of rotatable bonds is 5. The zero-order valence-electron chi connectivity index (χ0n) is 15.1. The van der Waals surface area contributed by atoms with Crippen molar-refractivity contribution < 1.29 is 4.79 Å². The normalized spacial score (nSPS) is 15.9. The first kappa shape index (κ1) is 18.3. The van der Waals surface area contributed by atoms with Crippen molar-refractivity contribution in [2.24, 2.45) is 5.41 Å². The molecule has 1 N–H and O–H groups in total. The molecule has 5 nitrogen and oxygen atoms in total. The summed E-state index contributed by atoms with van der Waals surface area (Å²) in [6.07, 6.45) is 5.54. The molecule has 0 atom stereocenters. The van der Waals surface area contributed by atoms with E-state index in [-0.39, 0.29) is 16.9 Å². The van der Waals surface area contributed by atoms with Crippen LogP contribution in [0.5, 0.6) is 0 Å². The number of aromatic nitrogens is 3. The van der Waals surface area contributed by atoms with E-state index in [1.54, 1.807) is 0 Å². The minimum atomic E-state index is -0.197. The lowest BCUT2D eigenvalue weighted by Crippen LogP contribution is -2.46. The summed E-state index contributed by atoms with van der Waals surface area (Å²) < 4.78 is 2.19. The first-order valence-electron chi connectivity index (χ1n) is 8.52. The summed E-state index contributed by atoms with van der Waals surface area (Å²) in [5, 5.41) is 12.6. The molecule has 0 fully saturated rings. The van der Waals surface area contributed by atoms with Crippen LogP contribution in [0.2, 0.25) is 0 Å². The lowest BCUT2D eigenvalue weighted by atomic mass is 9.82. The van der Waals surface area contributed by atoms with Crippen LogP contribution in [0, 0.1) is 5.41 Å². The maximum Gasteiger partial charge on any atom is 0.230 e. The van der Waals surface area contributed by atoms with E-state index in [2.05, 4.69) is 54.7 Å². The van der Waals surface area contributed by atoms with E-state index in [1.807, 2.05) is 0 Å². The smallest absolute Gasteiger partial charge is 0.230 e. The predicted molar refractivity (Wildman–Crippen MR) is 94.6 cm³/mol. The van der Waals surface area contributed by atoms with Crippen molar-refractivity contribution in [3.63, 3.8) is 0 Å². The molecular formula is C17H30N4OS. The number of nitrogens with zero attached hydrogens (tertiary/aromatic N) is 3. The summed E-state index contributed by atoms with van der Waals surface area (Å²) in [6.45, 7) is 11.7. The van der Waals surface area contributed by atoms with Crippen LogP contribution in [0.4, 0.5) is 0 Å². The number of nitrogens with one attached hydrogen (secondary N) is 1. The highest BCUT2D eigenvalue weighted by atomic mass is 32.2. The first-order chi connectivity index (χ1) is 10.7. The fourth-order valence-electron chi connectivity index (χ4n) is 3.48. The van der Waals surface area contributed by atoms with Gasteiger partial charge in [-0.2, -0.15) is 0 Å². The molecule has 0 spiro atoms. The Morgan fingerprint density at radius 2 is 1.91 bits per heavy atom. The highest BCUT2D eigenvalue weighted by Crippen LogP contribution is 2.27. The molecule has 6 heteroatoms. The minimum Gasteiger partial charge on any atom is -0.350 e. The molecule has 0 aromatic carbocycles. The molecule has 1 aliphatic rings. The van der Waals surface area contributed by atoms with E-state index >= 15 is 0 Å². The lowest BCUT2D eigenvalue weighted by Gasteiger charge is -2.33. The Labute approximate surface area is 144 Å². The standard InChI is InChI=1S/C17H30N4OS/c1-16(2,3)12-17(4,5)18-14(22)11-23-15-20-19-13-9-7-6-8-10-21(13)15/h6-12H2,1-5H3,(H,18,22). The van der Waals surface area contributed by atoms with Crippen molar-refractivity contribution in [2.75, 3.05) is 5.75 Å². The number of aryl methyl sites for hydroxylation is 1. The summed E-state index contributed by atoms with van der Waals surface area (Å²) in [5.41, 5.74) is -0.00804. The molecule has 2 heterocycles.